The summed E-state index contributed by atoms with van der Waals surface area (Å²) in [6.07, 6.45) is 0. The zero-order valence-corrected chi connectivity index (χ0v) is 20.6. The van der Waals surface area contributed by atoms with Crippen molar-refractivity contribution in [2.75, 3.05) is 50.2 Å². The molecule has 2 fully saturated rings. The SMILES string of the molecule is Cc1ccc(N2C(=O)C(C(=O)N3CCOCC3)C(c3ccc(N(C)C)cc3)C(C)(C)C2=O)cc1. The fourth-order valence-electron chi connectivity index (χ4n) is 4.98. The number of hydrogen-bond acceptors (Lipinski definition) is 5. The molecule has 2 aromatic carbocycles. The molecular formula is C27H33N3O4. The van der Waals surface area contributed by atoms with E-state index in [-0.39, 0.29) is 11.8 Å². The predicted molar refractivity (Wildman–Crippen MR) is 132 cm³/mol. The maximum absolute atomic E-state index is 14.0. The molecule has 0 aliphatic carbocycles. The smallest absolute Gasteiger partial charge is 0.247 e. The number of nitrogens with zero attached hydrogens (tertiary/aromatic N) is 3. The third kappa shape index (κ3) is 4.20. The highest BCUT2D eigenvalue weighted by Gasteiger charge is 2.57. The molecule has 0 bridgehead atoms. The van der Waals surface area contributed by atoms with E-state index in [2.05, 4.69) is 0 Å². The van der Waals surface area contributed by atoms with Crippen LogP contribution in [-0.2, 0) is 19.1 Å². The van der Waals surface area contributed by atoms with Gasteiger partial charge in [-0.05, 0) is 36.8 Å². The number of aryl methyl sites for hydroxylation is 1. The highest BCUT2D eigenvalue weighted by molar-refractivity contribution is 6.24. The third-order valence-electron chi connectivity index (χ3n) is 7.00. The number of piperidine rings is 1. The lowest BCUT2D eigenvalue weighted by Gasteiger charge is -2.47. The largest absolute Gasteiger partial charge is 0.378 e. The first kappa shape index (κ1) is 24.0. The van der Waals surface area contributed by atoms with Gasteiger partial charge < -0.3 is 14.5 Å². The Morgan fingerprint density at radius 2 is 1.56 bits per heavy atom. The fourth-order valence-corrected chi connectivity index (χ4v) is 4.98. The lowest BCUT2D eigenvalue weighted by molar-refractivity contribution is -0.152. The number of ether oxygens (including phenoxy) is 1. The molecule has 2 aliphatic rings. The van der Waals surface area contributed by atoms with Crippen molar-refractivity contribution in [3.8, 4) is 0 Å². The van der Waals surface area contributed by atoms with Crippen LogP contribution in [0.5, 0.6) is 0 Å². The molecule has 7 nitrogen and oxygen atoms in total. The van der Waals surface area contributed by atoms with E-state index in [1.165, 1.54) is 4.90 Å². The van der Waals surface area contributed by atoms with Crippen molar-refractivity contribution in [2.45, 2.75) is 26.7 Å². The zero-order chi connectivity index (χ0) is 24.6. The normalized spacial score (nSPS) is 22.6. The van der Waals surface area contributed by atoms with Gasteiger partial charge in [-0.3, -0.25) is 14.4 Å². The molecule has 3 amide bonds. The van der Waals surface area contributed by atoms with Gasteiger partial charge in [0.15, 0.2) is 0 Å². The van der Waals surface area contributed by atoms with Crippen LogP contribution in [0, 0.1) is 18.3 Å². The van der Waals surface area contributed by atoms with Crippen molar-refractivity contribution < 1.29 is 19.1 Å². The molecule has 180 valence electrons. The zero-order valence-electron chi connectivity index (χ0n) is 20.6. The van der Waals surface area contributed by atoms with Crippen molar-refractivity contribution in [1.82, 2.24) is 4.90 Å². The van der Waals surface area contributed by atoms with Crippen molar-refractivity contribution in [2.24, 2.45) is 11.3 Å². The first-order chi connectivity index (χ1) is 16.1. The summed E-state index contributed by atoms with van der Waals surface area (Å²) in [5.74, 6) is -2.59. The summed E-state index contributed by atoms with van der Waals surface area (Å²) in [6.45, 7) is 7.39. The van der Waals surface area contributed by atoms with E-state index in [4.69, 9.17) is 4.74 Å². The average molecular weight is 464 g/mol. The number of amides is 3. The van der Waals surface area contributed by atoms with E-state index in [0.717, 1.165) is 16.8 Å². The van der Waals surface area contributed by atoms with E-state index in [1.54, 1.807) is 17.0 Å². The minimum absolute atomic E-state index is 0.243. The van der Waals surface area contributed by atoms with Crippen LogP contribution in [0.1, 0.15) is 30.9 Å². The van der Waals surface area contributed by atoms with E-state index >= 15 is 0 Å². The Hall–Kier alpha value is -3.19. The Kier molecular flexibility index (Phi) is 6.49. The lowest BCUT2D eigenvalue weighted by atomic mass is 9.64. The van der Waals surface area contributed by atoms with E-state index in [0.29, 0.717) is 32.0 Å². The molecule has 0 aromatic heterocycles. The molecule has 0 saturated carbocycles. The maximum Gasteiger partial charge on any atom is 0.247 e. The number of morpholine rings is 1. The van der Waals surface area contributed by atoms with Crippen LogP contribution >= 0.6 is 0 Å². The second-order valence-corrected chi connectivity index (χ2v) is 9.91. The highest BCUT2D eigenvalue weighted by atomic mass is 16.5. The summed E-state index contributed by atoms with van der Waals surface area (Å²) in [5.41, 5.74) is 2.36. The maximum atomic E-state index is 14.0. The van der Waals surface area contributed by atoms with Gasteiger partial charge in [-0.25, -0.2) is 4.90 Å². The van der Waals surface area contributed by atoms with Crippen LogP contribution in [0.3, 0.4) is 0 Å². The van der Waals surface area contributed by atoms with Gasteiger partial charge in [0.25, 0.3) is 0 Å². The summed E-state index contributed by atoms with van der Waals surface area (Å²) in [7, 11) is 3.91. The molecule has 0 N–H and O–H groups in total. The predicted octanol–water partition coefficient (Wildman–Crippen LogP) is 3.22. The minimum atomic E-state index is -1.00. The van der Waals surface area contributed by atoms with Gasteiger partial charge in [0.05, 0.1) is 24.3 Å². The van der Waals surface area contributed by atoms with Gasteiger partial charge in [0.2, 0.25) is 17.7 Å². The first-order valence-corrected chi connectivity index (χ1v) is 11.7. The molecule has 2 aromatic rings. The van der Waals surface area contributed by atoms with Gasteiger partial charge in [-0.15, -0.1) is 0 Å². The van der Waals surface area contributed by atoms with Crippen molar-refractivity contribution in [3.63, 3.8) is 0 Å². The third-order valence-corrected chi connectivity index (χ3v) is 7.00. The quantitative estimate of drug-likeness (QED) is 0.514. The number of anilines is 2. The molecular weight excluding hydrogens is 430 g/mol. The molecule has 7 heteroatoms. The second-order valence-electron chi connectivity index (χ2n) is 9.91. The summed E-state index contributed by atoms with van der Waals surface area (Å²) in [5, 5.41) is 0. The Labute approximate surface area is 201 Å². The molecule has 2 unspecified atom stereocenters. The molecule has 4 rings (SSSR count). The standard InChI is InChI=1S/C27H33N3O4/c1-18-6-10-21(11-7-18)30-25(32)22(24(31)29-14-16-34-17-15-29)23(27(2,3)26(30)33)19-8-12-20(13-9-19)28(4)5/h6-13,22-23H,14-17H2,1-5H3. The van der Waals surface area contributed by atoms with Crippen LogP contribution in [0.2, 0.25) is 0 Å². The Morgan fingerprint density at radius 1 is 0.971 bits per heavy atom. The Balaban J connectivity index is 1.82. The Bertz CT molecular complexity index is 1070. The fraction of sp³-hybridized carbons (Fsp3) is 0.444. The van der Waals surface area contributed by atoms with E-state index in [1.807, 2.05) is 76.2 Å². The molecule has 2 aliphatic heterocycles. The van der Waals surface area contributed by atoms with Crippen LogP contribution in [0.25, 0.3) is 0 Å². The molecule has 0 radical (unpaired) electrons. The number of carbonyl (C=O) groups is 3. The second kappa shape index (κ2) is 9.22. The van der Waals surface area contributed by atoms with E-state index in [9.17, 15) is 14.4 Å². The van der Waals surface area contributed by atoms with Gasteiger partial charge >= 0.3 is 0 Å². The van der Waals surface area contributed by atoms with Crippen LogP contribution in [0.15, 0.2) is 48.5 Å². The summed E-state index contributed by atoms with van der Waals surface area (Å²) in [4.78, 5) is 46.5. The average Bonchev–Trinajstić information content (AvgIpc) is 2.83. The van der Waals surface area contributed by atoms with Crippen LogP contribution in [-0.4, -0.2) is 63.0 Å². The number of carbonyl (C=O) groups excluding carboxylic acids is 3. The molecule has 34 heavy (non-hydrogen) atoms. The van der Waals surface area contributed by atoms with Gasteiger partial charge in [-0.2, -0.15) is 0 Å². The molecule has 0 spiro atoms. The Morgan fingerprint density at radius 3 is 2.12 bits per heavy atom. The lowest BCUT2D eigenvalue weighted by Crippen LogP contribution is -2.61. The summed E-state index contributed by atoms with van der Waals surface area (Å²) < 4.78 is 5.42. The van der Waals surface area contributed by atoms with Gasteiger partial charge in [-0.1, -0.05) is 43.7 Å². The monoisotopic (exact) mass is 463 g/mol. The van der Waals surface area contributed by atoms with Crippen molar-refractivity contribution >= 4 is 29.1 Å². The van der Waals surface area contributed by atoms with Gasteiger partial charge in [0.1, 0.15) is 5.92 Å². The van der Waals surface area contributed by atoms with Crippen molar-refractivity contribution in [1.29, 1.82) is 0 Å². The van der Waals surface area contributed by atoms with Crippen LogP contribution < -0.4 is 9.80 Å². The number of rotatable bonds is 4. The highest BCUT2D eigenvalue weighted by Crippen LogP contribution is 2.48. The number of benzene rings is 2. The number of imide groups is 1. The topological polar surface area (TPSA) is 70.2 Å². The molecule has 2 atom stereocenters. The first-order valence-electron chi connectivity index (χ1n) is 11.7. The summed E-state index contributed by atoms with van der Waals surface area (Å²) in [6, 6.07) is 15.1. The summed E-state index contributed by atoms with van der Waals surface area (Å²) >= 11 is 0. The van der Waals surface area contributed by atoms with E-state index < -0.39 is 23.2 Å². The van der Waals surface area contributed by atoms with Gasteiger partial charge in [0, 0.05) is 38.8 Å². The molecule has 2 saturated heterocycles. The molecule has 2 heterocycles. The van der Waals surface area contributed by atoms with Crippen molar-refractivity contribution in [3.05, 3.63) is 59.7 Å². The minimum Gasteiger partial charge on any atom is -0.378 e. The number of hydrogen-bond donors (Lipinski definition) is 0. The van der Waals surface area contributed by atoms with Crippen LogP contribution in [0.4, 0.5) is 11.4 Å².